The molecule has 12 nitrogen and oxygen atoms in total. The number of carbonyl (C=O) groups is 5. The van der Waals surface area contributed by atoms with Crippen LogP contribution in [0.1, 0.15) is 11.1 Å². The molecule has 0 saturated carbocycles. The molecule has 192 valence electrons. The van der Waals surface area contributed by atoms with E-state index in [2.05, 4.69) is 21.3 Å². The molecule has 0 bridgehead atoms. The highest BCUT2D eigenvalue weighted by Gasteiger charge is 2.24. The van der Waals surface area contributed by atoms with Gasteiger partial charge in [0.25, 0.3) is 0 Å². The zero-order valence-electron chi connectivity index (χ0n) is 19.4. The third kappa shape index (κ3) is 9.81. The molecule has 0 radical (unpaired) electrons. The minimum Gasteiger partial charge on any atom is -0.508 e. The van der Waals surface area contributed by atoms with Crippen LogP contribution < -0.4 is 27.0 Å². The summed E-state index contributed by atoms with van der Waals surface area (Å²) >= 11 is 0. The van der Waals surface area contributed by atoms with Gasteiger partial charge in [0.1, 0.15) is 17.8 Å². The van der Waals surface area contributed by atoms with Crippen LogP contribution in [0.15, 0.2) is 54.6 Å². The van der Waals surface area contributed by atoms with E-state index >= 15 is 0 Å². The number of nitrogens with one attached hydrogen (secondary N) is 4. The van der Waals surface area contributed by atoms with Crippen molar-refractivity contribution in [1.29, 1.82) is 0 Å². The SMILES string of the molecule is NCC(=O)NCC(=O)N[C@@H](Cc1ccccc1)C(=O)NCC(=O)N[C@H](Cc1ccc(O)cc1)C(=O)O. The number of aromatic hydroxyl groups is 1. The third-order valence-corrected chi connectivity index (χ3v) is 5.00. The molecule has 0 saturated heterocycles. The van der Waals surface area contributed by atoms with E-state index < -0.39 is 48.2 Å². The molecule has 2 atom stereocenters. The molecule has 4 amide bonds. The monoisotopic (exact) mass is 499 g/mol. The molecule has 8 N–H and O–H groups in total. The molecular formula is C24H29N5O7. The Kier molecular flexibility index (Phi) is 10.9. The topological polar surface area (TPSA) is 200 Å². The molecule has 0 spiro atoms. The minimum absolute atomic E-state index is 0.0243. The van der Waals surface area contributed by atoms with Gasteiger partial charge in [0.05, 0.1) is 19.6 Å². The van der Waals surface area contributed by atoms with E-state index in [1.54, 1.807) is 30.3 Å². The molecule has 0 unspecified atom stereocenters. The average molecular weight is 500 g/mol. The summed E-state index contributed by atoms with van der Waals surface area (Å²) in [6.45, 7) is -1.20. The van der Waals surface area contributed by atoms with Gasteiger partial charge in [-0.15, -0.1) is 0 Å². The number of hydrogen-bond acceptors (Lipinski definition) is 7. The maximum absolute atomic E-state index is 12.8. The summed E-state index contributed by atoms with van der Waals surface area (Å²) in [5, 5.41) is 28.3. The van der Waals surface area contributed by atoms with Crippen molar-refractivity contribution in [2.24, 2.45) is 5.73 Å². The second-order valence-electron chi connectivity index (χ2n) is 7.84. The summed E-state index contributed by atoms with van der Waals surface area (Å²) in [6.07, 6.45) is 0.0833. The van der Waals surface area contributed by atoms with E-state index in [4.69, 9.17) is 5.73 Å². The van der Waals surface area contributed by atoms with Crippen LogP contribution in [0, 0.1) is 0 Å². The molecular weight excluding hydrogens is 470 g/mol. The van der Waals surface area contributed by atoms with Gasteiger partial charge in [-0.2, -0.15) is 0 Å². The summed E-state index contributed by atoms with van der Waals surface area (Å²) < 4.78 is 0. The van der Waals surface area contributed by atoms with Crippen LogP contribution >= 0.6 is 0 Å². The summed E-state index contributed by atoms with van der Waals surface area (Å²) in [4.78, 5) is 60.2. The molecule has 0 fully saturated rings. The Labute approximate surface area is 207 Å². The van der Waals surface area contributed by atoms with Crippen molar-refractivity contribution in [3.05, 3.63) is 65.7 Å². The number of nitrogens with two attached hydrogens (primary N) is 1. The Bertz CT molecular complexity index is 1060. The van der Waals surface area contributed by atoms with E-state index in [0.717, 1.165) is 5.56 Å². The van der Waals surface area contributed by atoms with Crippen molar-refractivity contribution < 1.29 is 34.2 Å². The summed E-state index contributed by atoms with van der Waals surface area (Å²) in [5.74, 6) is -3.82. The molecule has 2 aromatic rings. The number of carbonyl (C=O) groups excluding carboxylic acids is 4. The number of aliphatic carboxylic acids is 1. The Morgan fingerprint density at radius 1 is 0.722 bits per heavy atom. The molecule has 2 rings (SSSR count). The fourth-order valence-electron chi connectivity index (χ4n) is 3.16. The van der Waals surface area contributed by atoms with E-state index in [9.17, 15) is 34.2 Å². The van der Waals surface area contributed by atoms with Gasteiger partial charge in [0.2, 0.25) is 23.6 Å². The van der Waals surface area contributed by atoms with E-state index in [0.29, 0.717) is 5.56 Å². The lowest BCUT2D eigenvalue weighted by Crippen LogP contribution is -2.53. The fourth-order valence-corrected chi connectivity index (χ4v) is 3.16. The summed E-state index contributed by atoms with van der Waals surface area (Å²) in [7, 11) is 0. The number of carboxylic acid groups (broad SMARTS) is 1. The number of benzene rings is 2. The first-order valence-electron chi connectivity index (χ1n) is 11.1. The van der Waals surface area contributed by atoms with Crippen LogP contribution in [-0.2, 0) is 36.8 Å². The van der Waals surface area contributed by atoms with Crippen LogP contribution in [-0.4, -0.2) is 71.5 Å². The lowest BCUT2D eigenvalue weighted by molar-refractivity contribution is -0.141. The molecule has 12 heteroatoms. The first kappa shape index (κ1) is 27.8. The number of phenolic OH excluding ortho intramolecular Hbond substituents is 1. The van der Waals surface area contributed by atoms with Crippen LogP contribution in [0.2, 0.25) is 0 Å². The predicted octanol–water partition coefficient (Wildman–Crippen LogP) is -1.58. The first-order chi connectivity index (χ1) is 17.2. The Morgan fingerprint density at radius 2 is 1.25 bits per heavy atom. The van der Waals surface area contributed by atoms with Gasteiger partial charge in [0, 0.05) is 12.8 Å². The quantitative estimate of drug-likeness (QED) is 0.171. The maximum atomic E-state index is 12.8. The number of hydrogen-bond donors (Lipinski definition) is 7. The van der Waals surface area contributed by atoms with Crippen LogP contribution in [0.5, 0.6) is 5.75 Å². The first-order valence-corrected chi connectivity index (χ1v) is 11.1. The zero-order chi connectivity index (χ0) is 26.5. The van der Waals surface area contributed by atoms with Gasteiger partial charge in [-0.1, -0.05) is 42.5 Å². The summed E-state index contributed by atoms with van der Waals surface area (Å²) in [6, 6.07) is 12.4. The number of rotatable bonds is 13. The maximum Gasteiger partial charge on any atom is 0.326 e. The minimum atomic E-state index is -1.27. The average Bonchev–Trinajstić information content (AvgIpc) is 2.86. The molecule has 0 aliphatic rings. The van der Waals surface area contributed by atoms with Gasteiger partial charge < -0.3 is 37.2 Å². The smallest absolute Gasteiger partial charge is 0.326 e. The molecule has 2 aromatic carbocycles. The largest absolute Gasteiger partial charge is 0.508 e. The highest BCUT2D eigenvalue weighted by Crippen LogP contribution is 2.11. The third-order valence-electron chi connectivity index (χ3n) is 5.00. The fraction of sp³-hybridized carbons (Fsp3) is 0.292. The number of amides is 4. The van der Waals surface area contributed by atoms with E-state index in [1.807, 2.05) is 0 Å². The van der Waals surface area contributed by atoms with Gasteiger partial charge >= 0.3 is 5.97 Å². The van der Waals surface area contributed by atoms with Crippen LogP contribution in [0.25, 0.3) is 0 Å². The Balaban J connectivity index is 1.97. The highest BCUT2D eigenvalue weighted by molar-refractivity contribution is 5.93. The molecule has 0 aromatic heterocycles. The molecule has 36 heavy (non-hydrogen) atoms. The van der Waals surface area contributed by atoms with Gasteiger partial charge in [-0.3, -0.25) is 19.2 Å². The second kappa shape index (κ2) is 14.1. The molecule has 0 aliphatic heterocycles. The summed E-state index contributed by atoms with van der Waals surface area (Å²) in [5.41, 5.74) is 6.51. The van der Waals surface area contributed by atoms with Crippen molar-refractivity contribution in [2.45, 2.75) is 24.9 Å². The van der Waals surface area contributed by atoms with Gasteiger partial charge in [-0.05, 0) is 23.3 Å². The van der Waals surface area contributed by atoms with Crippen molar-refractivity contribution in [3.63, 3.8) is 0 Å². The Hall–Kier alpha value is -4.45. The van der Waals surface area contributed by atoms with Gasteiger partial charge in [-0.25, -0.2) is 4.79 Å². The van der Waals surface area contributed by atoms with Crippen LogP contribution in [0.3, 0.4) is 0 Å². The predicted molar refractivity (Wildman–Crippen MR) is 129 cm³/mol. The highest BCUT2D eigenvalue weighted by atomic mass is 16.4. The van der Waals surface area contributed by atoms with Crippen molar-refractivity contribution >= 4 is 29.6 Å². The zero-order valence-corrected chi connectivity index (χ0v) is 19.4. The lowest BCUT2D eigenvalue weighted by atomic mass is 10.0. The standard InChI is InChI=1S/C24H29N5O7/c25-12-20(31)26-13-21(32)28-18(10-15-4-2-1-3-5-15)23(34)27-14-22(33)29-19(24(35)36)11-16-6-8-17(30)9-7-16/h1-9,18-19,30H,10-14,25H2,(H,26,31)(H,27,34)(H,28,32)(H,29,33)(H,35,36)/t18-,19+/m0/s1. The number of carboxylic acids is 1. The van der Waals surface area contributed by atoms with Crippen molar-refractivity contribution in [1.82, 2.24) is 21.3 Å². The molecule has 0 aliphatic carbocycles. The van der Waals surface area contributed by atoms with Crippen LogP contribution in [0.4, 0.5) is 0 Å². The van der Waals surface area contributed by atoms with E-state index in [1.165, 1.54) is 24.3 Å². The van der Waals surface area contributed by atoms with Crippen molar-refractivity contribution in [2.75, 3.05) is 19.6 Å². The Morgan fingerprint density at radius 3 is 1.83 bits per heavy atom. The normalized spacial score (nSPS) is 12.0. The number of phenols is 1. The lowest BCUT2D eigenvalue weighted by Gasteiger charge is -2.19. The van der Waals surface area contributed by atoms with E-state index in [-0.39, 0.29) is 31.7 Å². The molecule has 0 heterocycles. The van der Waals surface area contributed by atoms with Gasteiger partial charge in [0.15, 0.2) is 0 Å². The van der Waals surface area contributed by atoms with Crippen molar-refractivity contribution in [3.8, 4) is 5.75 Å². The second-order valence-corrected chi connectivity index (χ2v) is 7.84.